The zero-order chi connectivity index (χ0) is 25.9. The molecule has 34 heavy (non-hydrogen) atoms. The Morgan fingerprint density at radius 1 is 1.15 bits per heavy atom. The summed E-state index contributed by atoms with van der Waals surface area (Å²) in [5.74, 6) is -8.33. The third-order valence-corrected chi connectivity index (χ3v) is 12.4. The molecule has 1 aliphatic rings. The van der Waals surface area contributed by atoms with Crippen molar-refractivity contribution in [2.24, 2.45) is 0 Å². The number of sulfone groups is 1. The number of hydrogen-bond acceptors (Lipinski definition) is 4. The summed E-state index contributed by atoms with van der Waals surface area (Å²) in [4.78, 5) is -0.928. The molecular weight excluding hydrogens is 519 g/mol. The van der Waals surface area contributed by atoms with Crippen LogP contribution in [0.5, 0.6) is 11.5 Å². The van der Waals surface area contributed by atoms with E-state index in [1.54, 1.807) is 13.1 Å². The number of ether oxygens (including phenoxy) is 1. The van der Waals surface area contributed by atoms with Gasteiger partial charge in [0.2, 0.25) is 9.84 Å². The van der Waals surface area contributed by atoms with Crippen LogP contribution in [0.1, 0.15) is 38.0 Å². The van der Waals surface area contributed by atoms with Crippen LogP contribution >= 0.6 is 11.6 Å². The lowest BCUT2D eigenvalue weighted by Gasteiger charge is -2.40. The highest BCUT2D eigenvalue weighted by Crippen LogP contribution is 2.54. The van der Waals surface area contributed by atoms with Gasteiger partial charge >= 0.3 is 5.76 Å². The fraction of sp³-hybridized carbons (Fsp3) is 0.455. The molecule has 0 aliphatic heterocycles. The summed E-state index contributed by atoms with van der Waals surface area (Å²) in [5, 5.41) is -0.803. The van der Waals surface area contributed by atoms with Crippen molar-refractivity contribution in [1.82, 2.24) is 0 Å². The molecule has 0 heterocycles. The molecule has 0 amide bonds. The van der Waals surface area contributed by atoms with E-state index >= 15 is 8.78 Å². The molecule has 12 heteroatoms. The second-order valence-electron chi connectivity index (χ2n) is 9.63. The monoisotopic (exact) mass is 542 g/mol. The molecule has 0 fully saturated rings. The molecule has 1 atom stereocenters. The van der Waals surface area contributed by atoms with Crippen molar-refractivity contribution < 1.29 is 39.5 Å². The lowest BCUT2D eigenvalue weighted by Crippen LogP contribution is -2.44. The van der Waals surface area contributed by atoms with E-state index in [0.717, 1.165) is 24.3 Å². The highest BCUT2D eigenvalue weighted by Gasteiger charge is 2.55. The SMILES string of the molecule is CC(C)(C)[Si](C)(C)OC1c2c(S(=O)(=O)C(F)F)ccc(Oc3ccc(F)c(Cl)c3)c2CC1(F)F. The van der Waals surface area contributed by atoms with Crippen molar-refractivity contribution in [2.75, 3.05) is 0 Å². The van der Waals surface area contributed by atoms with Crippen LogP contribution in [-0.2, 0) is 20.7 Å². The van der Waals surface area contributed by atoms with E-state index in [4.69, 9.17) is 20.8 Å². The van der Waals surface area contributed by atoms with Gasteiger partial charge in [0.05, 0.1) is 9.92 Å². The van der Waals surface area contributed by atoms with Gasteiger partial charge in [0.15, 0.2) is 8.32 Å². The van der Waals surface area contributed by atoms with E-state index in [2.05, 4.69) is 0 Å². The van der Waals surface area contributed by atoms with E-state index < -0.39 is 63.7 Å². The Balaban J connectivity index is 2.22. The van der Waals surface area contributed by atoms with Gasteiger partial charge in [-0.25, -0.2) is 21.6 Å². The van der Waals surface area contributed by atoms with E-state index in [9.17, 15) is 21.6 Å². The van der Waals surface area contributed by atoms with E-state index in [1.165, 1.54) is 6.07 Å². The Hall–Kier alpha value is -1.69. The molecule has 0 bridgehead atoms. The Bertz CT molecular complexity index is 1210. The molecule has 188 valence electrons. The van der Waals surface area contributed by atoms with Crippen LogP contribution in [0.25, 0.3) is 0 Å². The Morgan fingerprint density at radius 2 is 1.76 bits per heavy atom. The summed E-state index contributed by atoms with van der Waals surface area (Å²) >= 11 is 5.75. The maximum atomic E-state index is 15.3. The van der Waals surface area contributed by atoms with Crippen LogP contribution in [-0.4, -0.2) is 28.4 Å². The van der Waals surface area contributed by atoms with Crippen LogP contribution in [0.15, 0.2) is 35.2 Å². The average molecular weight is 543 g/mol. The smallest absolute Gasteiger partial charge is 0.341 e. The molecule has 1 unspecified atom stereocenters. The molecule has 3 rings (SSSR count). The Morgan fingerprint density at radius 3 is 2.29 bits per heavy atom. The van der Waals surface area contributed by atoms with Crippen LogP contribution in [0.3, 0.4) is 0 Å². The van der Waals surface area contributed by atoms with E-state index in [1.807, 2.05) is 20.8 Å². The van der Waals surface area contributed by atoms with Gasteiger partial charge in [-0.2, -0.15) is 8.78 Å². The van der Waals surface area contributed by atoms with Crippen LogP contribution in [0.2, 0.25) is 23.2 Å². The molecule has 0 saturated heterocycles. The van der Waals surface area contributed by atoms with Crippen molar-refractivity contribution in [3.05, 3.63) is 52.3 Å². The largest absolute Gasteiger partial charge is 0.457 e. The van der Waals surface area contributed by atoms with Crippen molar-refractivity contribution >= 4 is 29.8 Å². The number of alkyl halides is 4. The highest BCUT2D eigenvalue weighted by molar-refractivity contribution is 7.91. The predicted molar refractivity (Wildman–Crippen MR) is 121 cm³/mol. The molecule has 0 saturated carbocycles. The maximum absolute atomic E-state index is 15.3. The van der Waals surface area contributed by atoms with Crippen molar-refractivity contribution in [3.8, 4) is 11.5 Å². The second-order valence-corrected chi connectivity index (χ2v) is 16.7. The van der Waals surface area contributed by atoms with Gasteiger partial charge in [-0.15, -0.1) is 0 Å². The summed E-state index contributed by atoms with van der Waals surface area (Å²) in [6.45, 7) is 8.82. The van der Waals surface area contributed by atoms with Crippen molar-refractivity contribution in [3.63, 3.8) is 0 Å². The van der Waals surface area contributed by atoms with Crippen molar-refractivity contribution in [2.45, 2.75) is 68.0 Å². The van der Waals surface area contributed by atoms with Crippen LogP contribution < -0.4 is 4.74 Å². The fourth-order valence-corrected chi connectivity index (χ4v) is 5.75. The summed E-state index contributed by atoms with van der Waals surface area (Å²) in [6.07, 6.45) is -3.05. The molecule has 2 aromatic rings. The quantitative estimate of drug-likeness (QED) is 0.280. The third-order valence-electron chi connectivity index (χ3n) is 6.21. The van der Waals surface area contributed by atoms with Gasteiger partial charge in [-0.05, 0) is 42.4 Å². The fourth-order valence-electron chi connectivity index (χ4n) is 3.36. The average Bonchev–Trinajstić information content (AvgIpc) is 2.94. The van der Waals surface area contributed by atoms with E-state index in [0.29, 0.717) is 0 Å². The first-order chi connectivity index (χ1) is 15.4. The minimum absolute atomic E-state index is 0.00449. The van der Waals surface area contributed by atoms with Gasteiger partial charge in [0.1, 0.15) is 23.4 Å². The first-order valence-electron chi connectivity index (χ1n) is 10.2. The minimum Gasteiger partial charge on any atom is -0.457 e. The topological polar surface area (TPSA) is 52.6 Å². The zero-order valence-corrected chi connectivity index (χ0v) is 21.6. The molecule has 0 spiro atoms. The minimum atomic E-state index is -5.24. The summed E-state index contributed by atoms with van der Waals surface area (Å²) in [7, 11) is -8.14. The first kappa shape index (κ1) is 26.9. The lowest BCUT2D eigenvalue weighted by molar-refractivity contribution is -0.0909. The molecule has 0 N–H and O–H groups in total. The summed E-state index contributed by atoms with van der Waals surface area (Å²) in [5.41, 5.74) is -0.809. The number of benzene rings is 2. The predicted octanol–water partition coefficient (Wildman–Crippen LogP) is 7.52. The van der Waals surface area contributed by atoms with Gasteiger partial charge in [0, 0.05) is 23.6 Å². The van der Waals surface area contributed by atoms with Crippen LogP contribution in [0, 0.1) is 5.82 Å². The number of fused-ring (bicyclic) bond motifs is 1. The second kappa shape index (κ2) is 8.76. The number of hydrogen-bond donors (Lipinski definition) is 0. The highest BCUT2D eigenvalue weighted by atomic mass is 35.5. The zero-order valence-electron chi connectivity index (χ0n) is 19.1. The molecule has 2 aromatic carbocycles. The standard InChI is InChI=1S/C22H24ClF5O4SSi/c1-21(2,3)34(4,5)32-19-18-13(11-22(19,27)28)16(8-9-17(18)33(29,30)20(25)26)31-12-6-7-15(24)14(23)10-12/h6-10,19-20H,11H2,1-5H3. The summed E-state index contributed by atoms with van der Waals surface area (Å²) in [6, 6.07) is 5.16. The molecular formula is C22H24ClF5O4SSi. The van der Waals surface area contributed by atoms with Gasteiger partial charge < -0.3 is 9.16 Å². The molecule has 1 aliphatic carbocycles. The number of halogens is 6. The lowest BCUT2D eigenvalue weighted by atomic mass is 10.1. The number of rotatable bonds is 6. The van der Waals surface area contributed by atoms with Gasteiger partial charge in [-0.1, -0.05) is 32.4 Å². The van der Waals surface area contributed by atoms with Crippen LogP contribution in [0.4, 0.5) is 22.0 Å². The first-order valence-corrected chi connectivity index (χ1v) is 15.1. The molecule has 0 aromatic heterocycles. The van der Waals surface area contributed by atoms with E-state index in [-0.39, 0.29) is 22.1 Å². The Labute approximate surface area is 201 Å². The maximum Gasteiger partial charge on any atom is 0.341 e. The van der Waals surface area contributed by atoms with Gasteiger partial charge in [-0.3, -0.25) is 0 Å². The third kappa shape index (κ3) is 4.84. The molecule has 4 nitrogen and oxygen atoms in total. The summed E-state index contributed by atoms with van der Waals surface area (Å²) < 4.78 is 107. The normalized spacial score (nSPS) is 18.3. The van der Waals surface area contributed by atoms with Crippen molar-refractivity contribution in [1.29, 1.82) is 0 Å². The molecule has 0 radical (unpaired) electrons. The Kier molecular flexibility index (Phi) is 6.93. The van der Waals surface area contributed by atoms with Gasteiger partial charge in [0.25, 0.3) is 5.92 Å².